The second kappa shape index (κ2) is 7.11. The summed E-state index contributed by atoms with van der Waals surface area (Å²) in [5, 5.41) is 3.87. The largest absolute Gasteiger partial charge is 0.434 e. The molecule has 8 heteroatoms. The quantitative estimate of drug-likeness (QED) is 0.833. The highest BCUT2D eigenvalue weighted by Crippen LogP contribution is 2.34. The Hall–Kier alpha value is -2.35. The van der Waals surface area contributed by atoms with Crippen LogP contribution < -0.4 is 0 Å². The van der Waals surface area contributed by atoms with E-state index >= 15 is 0 Å². The first-order valence-corrected chi connectivity index (χ1v) is 8.33. The summed E-state index contributed by atoms with van der Waals surface area (Å²) in [5.41, 5.74) is -0.559. The lowest BCUT2D eigenvalue weighted by atomic mass is 10.1. The van der Waals surface area contributed by atoms with Gasteiger partial charge in [0.2, 0.25) is 0 Å². The summed E-state index contributed by atoms with van der Waals surface area (Å²) in [6.45, 7) is 3.19. The number of rotatable bonds is 4. The van der Waals surface area contributed by atoms with Crippen molar-refractivity contribution >= 4 is 5.91 Å². The molecule has 0 bridgehead atoms. The molecular weight excluding hydrogens is 347 g/mol. The molecule has 1 aromatic heterocycles. The standard InChI is InChI=1S/C18H20F3N3O2/c1-12-5-3-4-6-15(12)24-16(18(19,20)21)14(9-22-24)17(25)23(2)10-13-7-8-26-11-13/h3-6,9,13H,7-8,10-11H2,1-2H3. The van der Waals surface area contributed by atoms with Crippen LogP contribution in [-0.2, 0) is 10.9 Å². The highest BCUT2D eigenvalue weighted by Gasteiger charge is 2.41. The Bertz CT molecular complexity index is 795. The highest BCUT2D eigenvalue weighted by atomic mass is 19.4. The fraction of sp³-hybridized carbons (Fsp3) is 0.444. The topological polar surface area (TPSA) is 47.4 Å². The molecule has 1 unspecified atom stereocenters. The molecule has 1 aliphatic heterocycles. The SMILES string of the molecule is Cc1ccccc1-n1ncc(C(=O)N(C)CC2CCOC2)c1C(F)(F)F. The zero-order valence-electron chi connectivity index (χ0n) is 14.6. The van der Waals surface area contributed by atoms with Crippen LogP contribution in [0.4, 0.5) is 13.2 Å². The average molecular weight is 367 g/mol. The zero-order chi connectivity index (χ0) is 18.9. The van der Waals surface area contributed by atoms with Crippen LogP contribution >= 0.6 is 0 Å². The van der Waals surface area contributed by atoms with Gasteiger partial charge in [0.25, 0.3) is 5.91 Å². The first-order valence-electron chi connectivity index (χ1n) is 8.33. The minimum Gasteiger partial charge on any atom is -0.381 e. The molecule has 1 aliphatic rings. The molecule has 1 saturated heterocycles. The first kappa shape index (κ1) is 18.4. The second-order valence-electron chi connectivity index (χ2n) is 6.52. The summed E-state index contributed by atoms with van der Waals surface area (Å²) in [4.78, 5) is 14.0. The monoisotopic (exact) mass is 367 g/mol. The molecule has 140 valence electrons. The summed E-state index contributed by atoms with van der Waals surface area (Å²) in [6, 6.07) is 6.62. The lowest BCUT2D eigenvalue weighted by Crippen LogP contribution is -2.33. The van der Waals surface area contributed by atoms with Crippen LogP contribution in [0.5, 0.6) is 0 Å². The van der Waals surface area contributed by atoms with Gasteiger partial charge in [-0.25, -0.2) is 4.68 Å². The van der Waals surface area contributed by atoms with Crippen molar-refractivity contribution in [3.05, 3.63) is 47.3 Å². The molecule has 26 heavy (non-hydrogen) atoms. The Morgan fingerprint density at radius 2 is 2.12 bits per heavy atom. The summed E-state index contributed by atoms with van der Waals surface area (Å²) >= 11 is 0. The van der Waals surface area contributed by atoms with Gasteiger partial charge in [-0.05, 0) is 25.0 Å². The predicted molar refractivity (Wildman–Crippen MR) is 89.2 cm³/mol. The van der Waals surface area contributed by atoms with E-state index in [1.54, 1.807) is 31.2 Å². The molecule has 0 radical (unpaired) electrons. The fourth-order valence-corrected chi connectivity index (χ4v) is 3.16. The van der Waals surface area contributed by atoms with E-state index in [1.165, 1.54) is 11.9 Å². The number of aryl methyl sites for hydroxylation is 1. The van der Waals surface area contributed by atoms with Crippen molar-refractivity contribution in [2.75, 3.05) is 26.8 Å². The molecule has 2 heterocycles. The van der Waals surface area contributed by atoms with Gasteiger partial charge in [0.1, 0.15) is 0 Å². The molecule has 1 fully saturated rings. The first-order chi connectivity index (χ1) is 12.3. The van der Waals surface area contributed by atoms with E-state index in [0.717, 1.165) is 17.3 Å². The normalized spacial score (nSPS) is 17.5. The van der Waals surface area contributed by atoms with Crippen LogP contribution in [0.2, 0.25) is 0 Å². The third kappa shape index (κ3) is 3.60. The van der Waals surface area contributed by atoms with E-state index in [1.807, 2.05) is 0 Å². The Morgan fingerprint density at radius 3 is 2.73 bits per heavy atom. The van der Waals surface area contributed by atoms with Crippen molar-refractivity contribution in [2.45, 2.75) is 19.5 Å². The predicted octanol–water partition coefficient (Wildman–Crippen LogP) is 3.31. The number of benzene rings is 1. The summed E-state index contributed by atoms with van der Waals surface area (Å²) in [5.74, 6) is -0.547. The van der Waals surface area contributed by atoms with Gasteiger partial charge >= 0.3 is 6.18 Å². The van der Waals surface area contributed by atoms with Gasteiger partial charge in [-0.1, -0.05) is 18.2 Å². The number of para-hydroxylation sites is 1. The Morgan fingerprint density at radius 1 is 1.38 bits per heavy atom. The van der Waals surface area contributed by atoms with Gasteiger partial charge in [-0.15, -0.1) is 0 Å². The smallest absolute Gasteiger partial charge is 0.381 e. The van der Waals surface area contributed by atoms with Crippen molar-refractivity contribution in [1.29, 1.82) is 0 Å². The third-order valence-corrected chi connectivity index (χ3v) is 4.51. The van der Waals surface area contributed by atoms with Crippen LogP contribution in [0.3, 0.4) is 0 Å². The van der Waals surface area contributed by atoms with Gasteiger partial charge in [-0.2, -0.15) is 18.3 Å². The van der Waals surface area contributed by atoms with Crippen molar-refractivity contribution in [2.24, 2.45) is 5.92 Å². The number of aromatic nitrogens is 2. The fourth-order valence-electron chi connectivity index (χ4n) is 3.16. The number of hydrogen-bond donors (Lipinski definition) is 0. The number of carbonyl (C=O) groups is 1. The van der Waals surface area contributed by atoms with Crippen molar-refractivity contribution in [1.82, 2.24) is 14.7 Å². The summed E-state index contributed by atoms with van der Waals surface area (Å²) < 4.78 is 47.3. The van der Waals surface area contributed by atoms with Crippen molar-refractivity contribution in [3.8, 4) is 5.69 Å². The van der Waals surface area contributed by atoms with Gasteiger partial charge < -0.3 is 9.64 Å². The molecule has 1 atom stereocenters. The molecule has 5 nitrogen and oxygen atoms in total. The lowest BCUT2D eigenvalue weighted by Gasteiger charge is -2.21. The van der Waals surface area contributed by atoms with Gasteiger partial charge in [0.15, 0.2) is 5.69 Å². The molecule has 1 aromatic carbocycles. The number of amides is 1. The Labute approximate surface area is 149 Å². The van der Waals surface area contributed by atoms with E-state index in [-0.39, 0.29) is 5.92 Å². The van der Waals surface area contributed by atoms with E-state index in [4.69, 9.17) is 4.74 Å². The van der Waals surface area contributed by atoms with E-state index in [9.17, 15) is 18.0 Å². The maximum atomic E-state index is 13.7. The average Bonchev–Trinajstić information content (AvgIpc) is 3.23. The number of hydrogen-bond acceptors (Lipinski definition) is 3. The molecular formula is C18H20F3N3O2. The minimum absolute atomic E-state index is 0.143. The number of nitrogens with zero attached hydrogens (tertiary/aromatic N) is 3. The molecule has 0 saturated carbocycles. The minimum atomic E-state index is -4.71. The van der Waals surface area contributed by atoms with Crippen LogP contribution in [0, 0.1) is 12.8 Å². The third-order valence-electron chi connectivity index (χ3n) is 4.51. The van der Waals surface area contributed by atoms with Crippen LogP contribution in [0.25, 0.3) is 5.69 Å². The lowest BCUT2D eigenvalue weighted by molar-refractivity contribution is -0.143. The molecule has 2 aromatic rings. The summed E-state index contributed by atoms with van der Waals surface area (Å²) in [7, 11) is 1.51. The molecule has 0 N–H and O–H groups in total. The van der Waals surface area contributed by atoms with Crippen molar-refractivity contribution in [3.63, 3.8) is 0 Å². The van der Waals surface area contributed by atoms with E-state index in [0.29, 0.717) is 31.0 Å². The van der Waals surface area contributed by atoms with Gasteiger partial charge in [0, 0.05) is 26.1 Å². The van der Waals surface area contributed by atoms with Crippen LogP contribution in [0.1, 0.15) is 28.0 Å². The maximum absolute atomic E-state index is 13.7. The van der Waals surface area contributed by atoms with Gasteiger partial charge in [-0.3, -0.25) is 4.79 Å². The summed E-state index contributed by atoms with van der Waals surface area (Å²) in [6.07, 6.45) is -2.91. The number of carbonyl (C=O) groups excluding carboxylic acids is 1. The van der Waals surface area contributed by atoms with Crippen molar-refractivity contribution < 1.29 is 22.7 Å². The maximum Gasteiger partial charge on any atom is 0.434 e. The molecule has 0 spiro atoms. The van der Waals surface area contributed by atoms with Gasteiger partial charge in [0.05, 0.1) is 24.1 Å². The number of halogens is 3. The zero-order valence-corrected chi connectivity index (χ0v) is 14.6. The molecule has 1 amide bonds. The second-order valence-corrected chi connectivity index (χ2v) is 6.52. The van der Waals surface area contributed by atoms with Crippen LogP contribution in [0.15, 0.2) is 30.5 Å². The number of alkyl halides is 3. The van der Waals surface area contributed by atoms with E-state index < -0.39 is 23.3 Å². The molecule has 0 aliphatic carbocycles. The molecule has 3 rings (SSSR count). The Balaban J connectivity index is 1.97. The number of ether oxygens (including phenoxy) is 1. The highest BCUT2D eigenvalue weighted by molar-refractivity contribution is 5.95. The van der Waals surface area contributed by atoms with E-state index in [2.05, 4.69) is 5.10 Å². The van der Waals surface area contributed by atoms with Crippen LogP contribution in [-0.4, -0.2) is 47.4 Å². The Kier molecular flexibility index (Phi) is 5.04.